The zero-order valence-corrected chi connectivity index (χ0v) is 17.6. The van der Waals surface area contributed by atoms with Crippen molar-refractivity contribution < 1.29 is 9.47 Å². The Morgan fingerprint density at radius 3 is 2.33 bits per heavy atom. The van der Waals surface area contributed by atoms with Crippen LogP contribution in [0.4, 0.5) is 0 Å². The van der Waals surface area contributed by atoms with Crippen LogP contribution >= 0.6 is 0 Å². The summed E-state index contributed by atoms with van der Waals surface area (Å²) in [5, 5.41) is 39.6. The van der Waals surface area contributed by atoms with Crippen LogP contribution in [0.25, 0.3) is 0 Å². The van der Waals surface area contributed by atoms with Crippen molar-refractivity contribution >= 4 is 5.90 Å². The van der Waals surface area contributed by atoms with E-state index in [1.165, 1.54) is 0 Å². The Labute approximate surface area is 177 Å². The van der Waals surface area contributed by atoms with Crippen LogP contribution in [0, 0.1) is 67.5 Å². The SMILES string of the molecule is CC(C)(C)C1CCC23OC(=N)C(C#N)(C2C1)C(C#N)(C#N)C(Cc1ccccc1)O3. The molecule has 1 N–H and O–H groups in total. The van der Waals surface area contributed by atoms with Crippen molar-refractivity contribution in [2.75, 3.05) is 0 Å². The molecule has 3 fully saturated rings. The number of hydrogen-bond donors (Lipinski definition) is 1. The van der Waals surface area contributed by atoms with Crippen molar-refractivity contribution in [3.05, 3.63) is 35.9 Å². The maximum absolute atomic E-state index is 10.4. The fraction of sp³-hybridized carbons (Fsp3) is 0.583. The van der Waals surface area contributed by atoms with Gasteiger partial charge >= 0.3 is 0 Å². The molecule has 0 aromatic heterocycles. The molecule has 2 bridgehead atoms. The third kappa shape index (κ3) is 2.46. The van der Waals surface area contributed by atoms with Crippen molar-refractivity contribution in [3.63, 3.8) is 0 Å². The normalized spacial score (nSPS) is 36.5. The van der Waals surface area contributed by atoms with Gasteiger partial charge in [-0.25, -0.2) is 0 Å². The summed E-state index contributed by atoms with van der Waals surface area (Å²) >= 11 is 0. The predicted molar refractivity (Wildman–Crippen MR) is 109 cm³/mol. The fourth-order valence-corrected chi connectivity index (χ4v) is 5.75. The zero-order chi connectivity index (χ0) is 21.8. The van der Waals surface area contributed by atoms with E-state index in [0.29, 0.717) is 19.3 Å². The minimum Gasteiger partial charge on any atom is -0.447 e. The second-order valence-corrected chi connectivity index (χ2v) is 9.88. The van der Waals surface area contributed by atoms with E-state index in [-0.39, 0.29) is 17.2 Å². The molecule has 2 saturated heterocycles. The molecule has 2 heterocycles. The Hall–Kier alpha value is -2.88. The van der Waals surface area contributed by atoms with Crippen LogP contribution in [0.15, 0.2) is 30.3 Å². The number of nitrogens with zero attached hydrogens (tertiary/aromatic N) is 3. The minimum absolute atomic E-state index is 0.00270. The van der Waals surface area contributed by atoms with E-state index in [9.17, 15) is 15.8 Å². The highest BCUT2D eigenvalue weighted by molar-refractivity contribution is 5.89. The van der Waals surface area contributed by atoms with Crippen LogP contribution in [0.3, 0.4) is 0 Å². The third-order valence-electron chi connectivity index (χ3n) is 7.51. The first-order valence-electron chi connectivity index (χ1n) is 10.4. The maximum Gasteiger partial charge on any atom is 0.217 e. The van der Waals surface area contributed by atoms with Crippen molar-refractivity contribution in [3.8, 4) is 18.2 Å². The van der Waals surface area contributed by atoms with Gasteiger partial charge in [0.05, 0.1) is 24.1 Å². The highest BCUT2D eigenvalue weighted by Crippen LogP contribution is 2.68. The number of nitrogens with one attached hydrogen (secondary N) is 1. The van der Waals surface area contributed by atoms with Gasteiger partial charge in [0, 0.05) is 12.8 Å². The number of ether oxygens (including phenoxy) is 2. The molecule has 154 valence electrons. The van der Waals surface area contributed by atoms with E-state index in [4.69, 9.17) is 14.9 Å². The topological polar surface area (TPSA) is 114 Å². The fourth-order valence-electron chi connectivity index (χ4n) is 5.75. The lowest BCUT2D eigenvalue weighted by atomic mass is 9.49. The molecule has 1 saturated carbocycles. The van der Waals surface area contributed by atoms with Gasteiger partial charge in [-0.1, -0.05) is 51.1 Å². The molecule has 6 nitrogen and oxygen atoms in total. The van der Waals surface area contributed by atoms with E-state index in [1.54, 1.807) is 0 Å². The van der Waals surface area contributed by atoms with E-state index in [2.05, 4.69) is 39.0 Å². The van der Waals surface area contributed by atoms with Crippen molar-refractivity contribution in [2.45, 2.75) is 58.3 Å². The van der Waals surface area contributed by atoms with Gasteiger partial charge in [-0.2, -0.15) is 15.8 Å². The molecule has 6 heteroatoms. The van der Waals surface area contributed by atoms with Crippen LogP contribution in [-0.2, 0) is 15.9 Å². The quantitative estimate of drug-likeness (QED) is 0.790. The molecule has 1 aromatic rings. The Morgan fingerprint density at radius 2 is 1.77 bits per heavy atom. The standard InChI is InChI=1S/C24H26N4O2/c1-21(2,3)17-9-10-24-18(12-17)23(15-27,20(28)30-24)22(13-25,14-26)19(29-24)11-16-7-5-4-6-8-16/h4-8,17-19,28H,9-12H2,1-3H3. The van der Waals surface area contributed by atoms with Gasteiger partial charge in [0.1, 0.15) is 6.10 Å². The second-order valence-electron chi connectivity index (χ2n) is 9.88. The molecule has 5 atom stereocenters. The van der Waals surface area contributed by atoms with Crippen LogP contribution < -0.4 is 0 Å². The van der Waals surface area contributed by atoms with E-state index >= 15 is 0 Å². The van der Waals surface area contributed by atoms with Gasteiger partial charge < -0.3 is 9.47 Å². The summed E-state index contributed by atoms with van der Waals surface area (Å²) in [6.07, 6.45) is 1.42. The summed E-state index contributed by atoms with van der Waals surface area (Å²) in [6.45, 7) is 6.48. The van der Waals surface area contributed by atoms with Gasteiger partial charge in [-0.15, -0.1) is 0 Å². The van der Waals surface area contributed by atoms with Crippen LogP contribution in [-0.4, -0.2) is 17.8 Å². The molecule has 30 heavy (non-hydrogen) atoms. The molecule has 2 aliphatic heterocycles. The van der Waals surface area contributed by atoms with Gasteiger partial charge in [-0.3, -0.25) is 5.41 Å². The number of benzene rings is 1. The minimum atomic E-state index is -1.82. The maximum atomic E-state index is 10.4. The lowest BCUT2D eigenvalue weighted by Gasteiger charge is -2.54. The zero-order valence-electron chi connectivity index (χ0n) is 17.6. The van der Waals surface area contributed by atoms with E-state index < -0.39 is 28.6 Å². The van der Waals surface area contributed by atoms with Gasteiger partial charge in [0.2, 0.25) is 11.7 Å². The average molecular weight is 402 g/mol. The highest BCUT2D eigenvalue weighted by atomic mass is 16.7. The first-order chi connectivity index (χ1) is 14.2. The number of hydrogen-bond acceptors (Lipinski definition) is 6. The van der Waals surface area contributed by atoms with Crippen LogP contribution in [0.2, 0.25) is 0 Å². The van der Waals surface area contributed by atoms with Crippen molar-refractivity contribution in [1.29, 1.82) is 21.2 Å². The molecule has 5 unspecified atom stereocenters. The summed E-state index contributed by atoms with van der Waals surface area (Å²) in [7, 11) is 0. The van der Waals surface area contributed by atoms with Crippen LogP contribution in [0.5, 0.6) is 0 Å². The molecule has 0 spiro atoms. The molecule has 3 aliphatic rings. The first-order valence-corrected chi connectivity index (χ1v) is 10.4. The number of rotatable bonds is 2. The third-order valence-corrected chi connectivity index (χ3v) is 7.51. The van der Waals surface area contributed by atoms with E-state index in [0.717, 1.165) is 12.0 Å². The summed E-state index contributed by atoms with van der Waals surface area (Å²) < 4.78 is 12.5. The molecule has 1 aromatic carbocycles. The largest absolute Gasteiger partial charge is 0.447 e. The summed E-state index contributed by atoms with van der Waals surface area (Å²) in [6, 6.07) is 16.0. The number of nitriles is 3. The van der Waals surface area contributed by atoms with Crippen molar-refractivity contribution in [1.82, 2.24) is 0 Å². The van der Waals surface area contributed by atoms with E-state index in [1.807, 2.05) is 30.3 Å². The molecule has 4 rings (SSSR count). The van der Waals surface area contributed by atoms with Gasteiger partial charge in [0.15, 0.2) is 10.8 Å². The molecule has 1 aliphatic carbocycles. The monoisotopic (exact) mass is 402 g/mol. The predicted octanol–water partition coefficient (Wildman–Crippen LogP) is 4.34. The lowest BCUT2D eigenvalue weighted by molar-refractivity contribution is -0.298. The molecular formula is C24H26N4O2. The lowest BCUT2D eigenvalue weighted by Crippen LogP contribution is -2.64. The van der Waals surface area contributed by atoms with Crippen molar-refractivity contribution in [2.24, 2.45) is 28.1 Å². The molecular weight excluding hydrogens is 376 g/mol. The Balaban J connectivity index is 1.86. The Morgan fingerprint density at radius 1 is 1.10 bits per heavy atom. The smallest absolute Gasteiger partial charge is 0.217 e. The summed E-state index contributed by atoms with van der Waals surface area (Å²) in [5.41, 5.74) is -2.55. The summed E-state index contributed by atoms with van der Waals surface area (Å²) in [5.74, 6) is -1.65. The van der Waals surface area contributed by atoms with Crippen LogP contribution in [0.1, 0.15) is 45.6 Å². The molecule has 0 amide bonds. The first kappa shape index (κ1) is 20.4. The van der Waals surface area contributed by atoms with Gasteiger partial charge in [0.25, 0.3) is 0 Å². The summed E-state index contributed by atoms with van der Waals surface area (Å²) in [4.78, 5) is 0. The van der Waals surface area contributed by atoms with Gasteiger partial charge in [-0.05, 0) is 29.7 Å². The second kappa shape index (κ2) is 6.56. The average Bonchev–Trinajstić information content (AvgIpc) is 2.93. The Kier molecular flexibility index (Phi) is 4.46. The molecule has 0 radical (unpaired) electrons. The highest BCUT2D eigenvalue weighted by Gasteiger charge is 2.80. The Bertz CT molecular complexity index is 979.